The number of rotatable bonds is 8. The second-order valence-electron chi connectivity index (χ2n) is 17.9. The molecule has 0 saturated carbocycles. The molecule has 68 heavy (non-hydrogen) atoms. The zero-order valence-corrected chi connectivity index (χ0v) is 37.4. The average Bonchev–Trinajstić information content (AvgIpc) is 3.72. The summed E-state index contributed by atoms with van der Waals surface area (Å²) in [7, 11) is 0. The monoisotopic (exact) mass is 863 g/mol. The van der Waals surface area contributed by atoms with Gasteiger partial charge in [0.25, 0.3) is 0 Å². The molecule has 0 aliphatic heterocycles. The van der Waals surface area contributed by atoms with Gasteiger partial charge in [0.05, 0.1) is 11.1 Å². The third kappa shape index (κ3) is 6.24. The van der Waals surface area contributed by atoms with Crippen LogP contribution >= 0.6 is 0 Å². The summed E-state index contributed by atoms with van der Waals surface area (Å²) in [6, 6.07) is 101. The lowest BCUT2D eigenvalue weighted by Crippen LogP contribution is -2.28. The van der Waals surface area contributed by atoms with Gasteiger partial charge in [-0.2, -0.15) is 0 Å². The van der Waals surface area contributed by atoms with Crippen molar-refractivity contribution < 1.29 is 0 Å². The SMILES string of the molecule is c1ccc(-c2c(-c3ccccc3)c3cc(-c4ccc(N(c5ccc6c(c5)-c5ccccc5C6(c5ccccc5)c5ccccc5)c5cccc6ccccc56)cc4)ccc3c3ccccc23)cc1. The Hall–Kier alpha value is -8.78. The lowest BCUT2D eigenvalue weighted by Gasteiger charge is -2.34. The summed E-state index contributed by atoms with van der Waals surface area (Å²) < 4.78 is 0. The van der Waals surface area contributed by atoms with Crippen molar-refractivity contribution in [2.45, 2.75) is 5.41 Å². The van der Waals surface area contributed by atoms with Gasteiger partial charge in [0, 0.05) is 16.8 Å². The first-order chi connectivity index (χ1) is 33.8. The Morgan fingerprint density at radius 3 is 1.46 bits per heavy atom. The van der Waals surface area contributed by atoms with Gasteiger partial charge >= 0.3 is 0 Å². The van der Waals surface area contributed by atoms with Crippen LogP contribution in [0.5, 0.6) is 0 Å². The van der Waals surface area contributed by atoms with Gasteiger partial charge < -0.3 is 4.90 Å². The van der Waals surface area contributed by atoms with E-state index in [2.05, 4.69) is 278 Å². The summed E-state index contributed by atoms with van der Waals surface area (Å²) in [5.74, 6) is 0. The Morgan fingerprint density at radius 2 is 0.765 bits per heavy atom. The minimum atomic E-state index is -0.465. The second-order valence-corrected chi connectivity index (χ2v) is 17.9. The fourth-order valence-corrected chi connectivity index (χ4v) is 11.4. The molecule has 0 atom stereocenters. The van der Waals surface area contributed by atoms with E-state index in [9.17, 15) is 0 Å². The highest BCUT2D eigenvalue weighted by atomic mass is 15.1. The summed E-state index contributed by atoms with van der Waals surface area (Å²) in [5.41, 5.74) is 17.8. The Balaban J connectivity index is 0.992. The molecule has 1 heteroatoms. The maximum absolute atomic E-state index is 2.45. The number of benzene rings is 12. The van der Waals surface area contributed by atoms with E-state index in [1.54, 1.807) is 0 Å². The zero-order valence-electron chi connectivity index (χ0n) is 37.4. The van der Waals surface area contributed by atoms with Crippen LogP contribution in [0.4, 0.5) is 17.1 Å². The van der Waals surface area contributed by atoms with E-state index < -0.39 is 5.41 Å². The third-order valence-electron chi connectivity index (χ3n) is 14.3. The highest BCUT2D eigenvalue weighted by molar-refractivity contribution is 6.22. The molecular formula is C67H45N. The third-order valence-corrected chi connectivity index (χ3v) is 14.3. The van der Waals surface area contributed by atoms with E-state index in [4.69, 9.17) is 0 Å². The molecule has 318 valence electrons. The minimum Gasteiger partial charge on any atom is -0.310 e. The Morgan fingerprint density at radius 1 is 0.265 bits per heavy atom. The fourth-order valence-electron chi connectivity index (χ4n) is 11.4. The van der Waals surface area contributed by atoms with Crippen molar-refractivity contribution in [2.75, 3.05) is 4.90 Å². The number of hydrogen-bond donors (Lipinski definition) is 0. The summed E-state index contributed by atoms with van der Waals surface area (Å²) in [4.78, 5) is 2.45. The van der Waals surface area contributed by atoms with Crippen molar-refractivity contribution in [3.63, 3.8) is 0 Å². The van der Waals surface area contributed by atoms with E-state index in [0.29, 0.717) is 0 Å². The molecule has 0 amide bonds. The summed E-state index contributed by atoms with van der Waals surface area (Å²) in [6.07, 6.45) is 0. The maximum Gasteiger partial charge on any atom is 0.0713 e. The average molecular weight is 864 g/mol. The molecule has 0 unspecified atom stereocenters. The van der Waals surface area contributed by atoms with E-state index in [-0.39, 0.29) is 0 Å². The summed E-state index contributed by atoms with van der Waals surface area (Å²) in [6.45, 7) is 0. The number of nitrogens with zero attached hydrogens (tertiary/aromatic N) is 1. The maximum atomic E-state index is 2.45. The Kier molecular flexibility index (Phi) is 9.47. The summed E-state index contributed by atoms with van der Waals surface area (Å²) in [5, 5.41) is 7.42. The first kappa shape index (κ1) is 39.6. The summed E-state index contributed by atoms with van der Waals surface area (Å²) >= 11 is 0. The molecule has 0 fully saturated rings. The molecule has 1 aliphatic carbocycles. The fraction of sp³-hybridized carbons (Fsp3) is 0.0149. The predicted octanol–water partition coefficient (Wildman–Crippen LogP) is 18.0. The number of anilines is 3. The first-order valence-corrected chi connectivity index (χ1v) is 23.6. The zero-order chi connectivity index (χ0) is 45.0. The van der Waals surface area contributed by atoms with Crippen molar-refractivity contribution in [3.8, 4) is 44.5 Å². The van der Waals surface area contributed by atoms with Crippen LogP contribution in [0.15, 0.2) is 273 Å². The van der Waals surface area contributed by atoms with Crippen molar-refractivity contribution in [2.24, 2.45) is 0 Å². The van der Waals surface area contributed by atoms with Gasteiger partial charge in [0.2, 0.25) is 0 Å². The van der Waals surface area contributed by atoms with Crippen molar-refractivity contribution in [1.29, 1.82) is 0 Å². The van der Waals surface area contributed by atoms with Crippen LogP contribution in [0.3, 0.4) is 0 Å². The molecular weight excluding hydrogens is 819 g/mol. The molecule has 0 bridgehead atoms. The molecule has 13 rings (SSSR count). The molecule has 0 radical (unpaired) electrons. The van der Waals surface area contributed by atoms with Gasteiger partial charge in [-0.25, -0.2) is 0 Å². The van der Waals surface area contributed by atoms with E-state index in [1.165, 1.54) is 99.1 Å². The first-order valence-electron chi connectivity index (χ1n) is 23.6. The van der Waals surface area contributed by atoms with Gasteiger partial charge in [0.1, 0.15) is 0 Å². The predicted molar refractivity (Wildman–Crippen MR) is 287 cm³/mol. The van der Waals surface area contributed by atoms with Crippen LogP contribution in [0, 0.1) is 0 Å². The molecule has 0 aromatic heterocycles. The lowest BCUT2D eigenvalue weighted by molar-refractivity contribution is 0.768. The lowest BCUT2D eigenvalue weighted by atomic mass is 9.68. The van der Waals surface area contributed by atoms with Crippen molar-refractivity contribution >= 4 is 49.4 Å². The molecule has 12 aromatic rings. The van der Waals surface area contributed by atoms with Crippen LogP contribution in [-0.2, 0) is 5.41 Å². The minimum absolute atomic E-state index is 0.465. The van der Waals surface area contributed by atoms with Gasteiger partial charge in [-0.1, -0.05) is 237 Å². The van der Waals surface area contributed by atoms with Crippen molar-refractivity contribution in [1.82, 2.24) is 0 Å². The van der Waals surface area contributed by atoms with Gasteiger partial charge in [-0.15, -0.1) is 0 Å². The van der Waals surface area contributed by atoms with Crippen LogP contribution < -0.4 is 4.90 Å². The molecule has 0 N–H and O–H groups in total. The van der Waals surface area contributed by atoms with Crippen LogP contribution in [0.2, 0.25) is 0 Å². The smallest absolute Gasteiger partial charge is 0.0713 e. The van der Waals surface area contributed by atoms with E-state index in [0.717, 1.165) is 17.1 Å². The van der Waals surface area contributed by atoms with Crippen LogP contribution in [0.25, 0.3) is 76.8 Å². The molecule has 0 heterocycles. The van der Waals surface area contributed by atoms with Gasteiger partial charge in [0.15, 0.2) is 0 Å². The van der Waals surface area contributed by atoms with E-state index in [1.807, 2.05) is 0 Å². The molecule has 0 saturated heterocycles. The van der Waals surface area contributed by atoms with Gasteiger partial charge in [-0.05, 0) is 130 Å². The largest absolute Gasteiger partial charge is 0.310 e. The molecule has 0 spiro atoms. The number of fused-ring (bicyclic) bond motifs is 7. The normalized spacial score (nSPS) is 12.5. The van der Waals surface area contributed by atoms with E-state index >= 15 is 0 Å². The Labute approximate surface area is 397 Å². The van der Waals surface area contributed by atoms with Gasteiger partial charge in [-0.3, -0.25) is 0 Å². The highest BCUT2D eigenvalue weighted by Crippen LogP contribution is 2.57. The standard InChI is InChI=1S/C67H45N/c1-5-21-48(22-6-1)65-59-33-16-15-31-56(59)57-42-38-50(44-61(57)66(65)49-23-7-2-8-24-49)46-36-39-53(40-37-46)68(64-35-19-25-47-20-13-14-30-55(47)64)54-41-43-63-60(45-54)58-32-17-18-34-62(58)67(63,51-26-9-3-10-27-51)52-28-11-4-12-29-52/h1-45H. The number of hydrogen-bond acceptors (Lipinski definition) is 1. The highest BCUT2D eigenvalue weighted by Gasteiger charge is 2.46. The van der Waals surface area contributed by atoms with Crippen LogP contribution in [-0.4, -0.2) is 0 Å². The molecule has 1 nitrogen and oxygen atoms in total. The molecule has 12 aromatic carbocycles. The Bertz CT molecular complexity index is 3780. The van der Waals surface area contributed by atoms with Crippen molar-refractivity contribution in [3.05, 3.63) is 295 Å². The quantitative estimate of drug-likeness (QED) is 0.138. The van der Waals surface area contributed by atoms with Crippen LogP contribution in [0.1, 0.15) is 22.3 Å². The molecule has 1 aliphatic rings. The topological polar surface area (TPSA) is 3.24 Å². The second kappa shape index (κ2) is 16.3.